The highest BCUT2D eigenvalue weighted by Crippen LogP contribution is 2.23. The standard InChI is InChI=1S/C17H16B3N9O3/c1-3-5-16(31-10-13-7-28(19)25-22-13)17(32-11-14-8-29(20)26-23-14)15(4-2)30-9-12-6-27(18)24-21-12/h3-8H,1-2,9-11H2/b16-5+,17-15-. The van der Waals surface area contributed by atoms with Gasteiger partial charge in [0.1, 0.15) is 36.9 Å². The smallest absolute Gasteiger partial charge is 0.266 e. The van der Waals surface area contributed by atoms with Gasteiger partial charge < -0.3 is 28.0 Å². The van der Waals surface area contributed by atoms with E-state index in [0.29, 0.717) is 17.1 Å². The van der Waals surface area contributed by atoms with Crippen molar-refractivity contribution in [3.8, 4) is 0 Å². The van der Waals surface area contributed by atoms with Crippen molar-refractivity contribution in [2.24, 2.45) is 0 Å². The van der Waals surface area contributed by atoms with Gasteiger partial charge >= 0.3 is 0 Å². The van der Waals surface area contributed by atoms with Crippen LogP contribution in [0.4, 0.5) is 0 Å². The quantitative estimate of drug-likeness (QED) is 0.218. The molecule has 15 heteroatoms. The molecular weight excluding hydrogens is 411 g/mol. The molecule has 0 unspecified atom stereocenters. The van der Waals surface area contributed by atoms with Crippen molar-refractivity contribution >= 4 is 23.9 Å². The highest BCUT2D eigenvalue weighted by molar-refractivity contribution is 6.06. The van der Waals surface area contributed by atoms with Gasteiger partial charge in [-0.25, -0.2) is 0 Å². The van der Waals surface area contributed by atoms with Crippen molar-refractivity contribution in [2.75, 3.05) is 0 Å². The number of rotatable bonds is 12. The van der Waals surface area contributed by atoms with Crippen LogP contribution in [0.25, 0.3) is 0 Å². The Morgan fingerprint density at radius 2 is 1.25 bits per heavy atom. The fourth-order valence-electron chi connectivity index (χ4n) is 2.37. The van der Waals surface area contributed by atoms with Gasteiger partial charge in [-0.2, -0.15) is 0 Å². The summed E-state index contributed by atoms with van der Waals surface area (Å²) in [6.07, 6.45) is 9.09. The van der Waals surface area contributed by atoms with Crippen LogP contribution in [0.3, 0.4) is 0 Å². The summed E-state index contributed by atoms with van der Waals surface area (Å²) in [6, 6.07) is 0. The molecule has 156 valence electrons. The maximum Gasteiger partial charge on any atom is 0.266 e. The number of hydrogen-bond acceptors (Lipinski definition) is 9. The lowest BCUT2D eigenvalue weighted by molar-refractivity contribution is 0.109. The molecule has 0 saturated heterocycles. The van der Waals surface area contributed by atoms with Crippen molar-refractivity contribution in [1.29, 1.82) is 0 Å². The zero-order chi connectivity index (χ0) is 22.9. The molecule has 0 aliphatic heterocycles. The molecule has 32 heavy (non-hydrogen) atoms. The van der Waals surface area contributed by atoms with E-state index in [2.05, 4.69) is 44.1 Å². The van der Waals surface area contributed by atoms with Crippen molar-refractivity contribution in [2.45, 2.75) is 19.8 Å². The highest BCUT2D eigenvalue weighted by Gasteiger charge is 2.17. The normalized spacial score (nSPS) is 12.2. The first-order valence-electron chi connectivity index (χ1n) is 9.05. The van der Waals surface area contributed by atoms with E-state index >= 15 is 0 Å². The maximum atomic E-state index is 5.94. The first-order valence-corrected chi connectivity index (χ1v) is 9.05. The van der Waals surface area contributed by atoms with Gasteiger partial charge in [-0.05, 0) is 12.2 Å². The third kappa shape index (κ3) is 6.24. The summed E-state index contributed by atoms with van der Waals surface area (Å²) in [5, 5.41) is 22.7. The summed E-state index contributed by atoms with van der Waals surface area (Å²) >= 11 is 0. The molecule has 0 bridgehead atoms. The Bertz CT molecular complexity index is 1140. The van der Waals surface area contributed by atoms with E-state index in [0.717, 1.165) is 13.8 Å². The van der Waals surface area contributed by atoms with Gasteiger partial charge in [0, 0.05) is 18.6 Å². The third-order valence-electron chi connectivity index (χ3n) is 3.69. The van der Waals surface area contributed by atoms with E-state index in [-0.39, 0.29) is 37.1 Å². The molecule has 0 spiro atoms. The van der Waals surface area contributed by atoms with Gasteiger partial charge in [0.15, 0.2) is 11.5 Å². The van der Waals surface area contributed by atoms with Gasteiger partial charge in [0.25, 0.3) is 23.9 Å². The molecule has 12 nitrogen and oxygen atoms in total. The summed E-state index contributed by atoms with van der Waals surface area (Å²) < 4.78 is 20.8. The third-order valence-corrected chi connectivity index (χ3v) is 3.69. The predicted molar refractivity (Wildman–Crippen MR) is 113 cm³/mol. The first-order chi connectivity index (χ1) is 15.5. The number of nitrogens with zero attached hydrogens (tertiary/aromatic N) is 9. The van der Waals surface area contributed by atoms with Gasteiger partial charge in [-0.15, -0.1) is 15.3 Å². The highest BCUT2D eigenvalue weighted by atomic mass is 16.5. The molecule has 3 heterocycles. The van der Waals surface area contributed by atoms with Crippen molar-refractivity contribution in [1.82, 2.24) is 44.7 Å². The minimum atomic E-state index is 0.0169. The Hall–Kier alpha value is -4.03. The van der Waals surface area contributed by atoms with Crippen LogP contribution in [-0.2, 0) is 34.0 Å². The van der Waals surface area contributed by atoms with Crippen LogP contribution in [0.2, 0.25) is 0 Å². The Balaban J connectivity index is 1.85. The van der Waals surface area contributed by atoms with Crippen LogP contribution in [0.1, 0.15) is 17.1 Å². The molecule has 0 aliphatic carbocycles. The molecule has 0 N–H and O–H groups in total. The predicted octanol–water partition coefficient (Wildman–Crippen LogP) is -0.326. The van der Waals surface area contributed by atoms with Crippen LogP contribution in [0.5, 0.6) is 0 Å². The first kappa shape index (κ1) is 22.7. The van der Waals surface area contributed by atoms with Crippen molar-refractivity contribution < 1.29 is 14.2 Å². The van der Waals surface area contributed by atoms with E-state index in [9.17, 15) is 0 Å². The monoisotopic (exact) mass is 427 g/mol. The molecule has 0 atom stereocenters. The minimum Gasteiger partial charge on any atom is -0.483 e. The summed E-state index contributed by atoms with van der Waals surface area (Å²) in [5.74, 6) is 0.753. The average Bonchev–Trinajstić information content (AvgIpc) is 3.50. The topological polar surface area (TPSA) is 120 Å². The fourth-order valence-corrected chi connectivity index (χ4v) is 2.37. The van der Waals surface area contributed by atoms with Crippen LogP contribution < -0.4 is 0 Å². The Labute approximate surface area is 187 Å². The Morgan fingerprint density at radius 1 is 0.781 bits per heavy atom. The summed E-state index contributed by atoms with van der Waals surface area (Å²) in [7, 11) is 16.6. The van der Waals surface area contributed by atoms with Crippen LogP contribution in [0, 0.1) is 0 Å². The zero-order valence-electron chi connectivity index (χ0n) is 17.0. The van der Waals surface area contributed by atoms with Crippen molar-refractivity contribution in [3.05, 3.63) is 84.3 Å². The van der Waals surface area contributed by atoms with E-state index in [1.54, 1.807) is 6.08 Å². The number of hydrogen-bond donors (Lipinski definition) is 0. The number of allylic oxidation sites excluding steroid dienone is 3. The molecule has 0 fully saturated rings. The van der Waals surface area contributed by atoms with Gasteiger partial charge in [0.2, 0.25) is 5.76 Å². The molecule has 3 rings (SSSR count). The molecule has 3 aromatic rings. The SMILES string of the molecule is [B]n1cc(CO/C(C=C)=C(OCc2cn([B])nn2)/C(=C\C=C)OCc2cn([B])nn2)nn1. The zero-order valence-corrected chi connectivity index (χ0v) is 17.0. The van der Waals surface area contributed by atoms with Crippen molar-refractivity contribution in [3.63, 3.8) is 0 Å². The summed E-state index contributed by atoms with van der Waals surface area (Å²) in [4.78, 5) is 0. The molecule has 0 saturated carbocycles. The Morgan fingerprint density at radius 3 is 1.66 bits per heavy atom. The van der Waals surface area contributed by atoms with Gasteiger partial charge in [-0.3, -0.25) is 0 Å². The summed E-state index contributed by atoms with van der Waals surface area (Å²) in [5.41, 5.74) is 1.46. The Kier molecular flexibility index (Phi) is 7.67. The second-order valence-electron chi connectivity index (χ2n) is 6.10. The summed E-state index contributed by atoms with van der Waals surface area (Å²) in [6.45, 7) is 7.62. The van der Waals surface area contributed by atoms with Gasteiger partial charge in [-0.1, -0.05) is 34.9 Å². The largest absolute Gasteiger partial charge is 0.483 e. The van der Waals surface area contributed by atoms with Crippen LogP contribution >= 0.6 is 0 Å². The lowest BCUT2D eigenvalue weighted by Gasteiger charge is -2.17. The molecule has 0 aliphatic rings. The van der Waals surface area contributed by atoms with Gasteiger partial charge in [0.05, 0.1) is 0 Å². The van der Waals surface area contributed by atoms with E-state index in [1.807, 2.05) is 0 Å². The number of aromatic nitrogens is 9. The lowest BCUT2D eigenvalue weighted by atomic mass is 10.3. The van der Waals surface area contributed by atoms with E-state index in [1.165, 1.54) is 30.7 Å². The molecule has 0 amide bonds. The fraction of sp³-hybridized carbons (Fsp3) is 0.176. The second kappa shape index (κ2) is 10.8. The van der Waals surface area contributed by atoms with E-state index < -0.39 is 0 Å². The minimum absolute atomic E-state index is 0.0169. The van der Waals surface area contributed by atoms with Crippen LogP contribution in [0.15, 0.2) is 67.3 Å². The molecule has 0 aromatic carbocycles. The van der Waals surface area contributed by atoms with Crippen LogP contribution in [-0.4, -0.2) is 68.7 Å². The average molecular weight is 427 g/mol. The maximum absolute atomic E-state index is 5.94. The molecule has 6 radical (unpaired) electrons. The number of ether oxygens (including phenoxy) is 3. The molecular formula is C17H16B3N9O3. The lowest BCUT2D eigenvalue weighted by Crippen LogP contribution is -2.07. The van der Waals surface area contributed by atoms with E-state index in [4.69, 9.17) is 38.2 Å². The molecule has 3 aromatic heterocycles. The second-order valence-corrected chi connectivity index (χ2v) is 6.10.